The van der Waals surface area contributed by atoms with Crippen LogP contribution in [0.1, 0.15) is 5.56 Å². The molecule has 1 aliphatic heterocycles. The van der Waals surface area contributed by atoms with Crippen LogP contribution in [0.15, 0.2) is 54.6 Å². The zero-order valence-corrected chi connectivity index (χ0v) is 16.8. The van der Waals surface area contributed by atoms with Gasteiger partial charge in [0, 0.05) is 25.3 Å². The Morgan fingerprint density at radius 2 is 1.68 bits per heavy atom. The summed E-state index contributed by atoms with van der Waals surface area (Å²) in [6.45, 7) is 4.90. The lowest BCUT2D eigenvalue weighted by atomic mass is 10.2. The average Bonchev–Trinajstić information content (AvgIpc) is 3.10. The predicted octanol–water partition coefficient (Wildman–Crippen LogP) is 2.72. The van der Waals surface area contributed by atoms with Crippen LogP contribution in [0.3, 0.4) is 0 Å². The molecule has 0 unspecified atom stereocenters. The summed E-state index contributed by atoms with van der Waals surface area (Å²) in [7, 11) is 2.05. The topological polar surface area (TPSA) is 51.4 Å². The molecule has 4 rings (SSSR count). The van der Waals surface area contributed by atoms with Gasteiger partial charge in [0.15, 0.2) is 0 Å². The van der Waals surface area contributed by atoms with E-state index in [2.05, 4.69) is 51.5 Å². The van der Waals surface area contributed by atoms with Gasteiger partial charge in [-0.3, -0.25) is 4.90 Å². The standard InChI is InChI=1S/C20H24N6OS/c1-23(15-17-7-9-18(10-8-17)24-11-13-27-14-12-24)16-25-20(28)26(22-21-25)19-5-3-2-4-6-19/h2-10H,11-16H2,1H3. The molecule has 146 valence electrons. The van der Waals surface area contributed by atoms with Crippen molar-refractivity contribution < 1.29 is 4.74 Å². The highest BCUT2D eigenvalue weighted by atomic mass is 32.1. The first-order chi connectivity index (χ1) is 13.7. The van der Waals surface area contributed by atoms with E-state index in [-0.39, 0.29) is 0 Å². The molecular formula is C20H24N6OS. The lowest BCUT2D eigenvalue weighted by Crippen LogP contribution is -2.36. The van der Waals surface area contributed by atoms with E-state index in [0.29, 0.717) is 11.4 Å². The van der Waals surface area contributed by atoms with Gasteiger partial charge < -0.3 is 9.64 Å². The summed E-state index contributed by atoms with van der Waals surface area (Å²) in [6, 6.07) is 18.6. The lowest BCUT2D eigenvalue weighted by molar-refractivity contribution is 0.122. The Kier molecular flexibility index (Phi) is 5.80. The molecule has 0 amide bonds. The molecule has 1 aromatic heterocycles. The van der Waals surface area contributed by atoms with Crippen LogP contribution in [0, 0.1) is 4.77 Å². The van der Waals surface area contributed by atoms with Crippen molar-refractivity contribution in [1.29, 1.82) is 0 Å². The van der Waals surface area contributed by atoms with Crippen molar-refractivity contribution in [3.05, 3.63) is 64.9 Å². The molecule has 3 aromatic rings. The monoisotopic (exact) mass is 396 g/mol. The highest BCUT2D eigenvalue weighted by Gasteiger charge is 2.12. The van der Waals surface area contributed by atoms with Crippen molar-refractivity contribution in [1.82, 2.24) is 24.7 Å². The summed E-state index contributed by atoms with van der Waals surface area (Å²) >= 11 is 5.54. The van der Waals surface area contributed by atoms with E-state index in [1.54, 1.807) is 9.36 Å². The van der Waals surface area contributed by atoms with Crippen LogP contribution in [0.2, 0.25) is 0 Å². The third-order valence-electron chi connectivity index (χ3n) is 4.78. The number of nitrogens with zero attached hydrogens (tertiary/aromatic N) is 6. The maximum absolute atomic E-state index is 5.54. The van der Waals surface area contributed by atoms with Gasteiger partial charge in [-0.1, -0.05) is 30.3 Å². The van der Waals surface area contributed by atoms with Crippen LogP contribution in [0.4, 0.5) is 5.69 Å². The Morgan fingerprint density at radius 3 is 2.39 bits per heavy atom. The molecule has 0 atom stereocenters. The molecule has 0 radical (unpaired) electrons. The van der Waals surface area contributed by atoms with E-state index in [0.717, 1.165) is 38.5 Å². The number of anilines is 1. The summed E-state index contributed by atoms with van der Waals surface area (Å²) in [5.74, 6) is 0. The Morgan fingerprint density at radius 1 is 0.964 bits per heavy atom. The van der Waals surface area contributed by atoms with Crippen LogP contribution in [0.5, 0.6) is 0 Å². The highest BCUT2D eigenvalue weighted by molar-refractivity contribution is 7.71. The van der Waals surface area contributed by atoms with Gasteiger partial charge in [-0.25, -0.2) is 4.68 Å². The molecule has 0 saturated carbocycles. The van der Waals surface area contributed by atoms with Crippen molar-refractivity contribution in [3.63, 3.8) is 0 Å². The first kappa shape index (κ1) is 18.8. The maximum atomic E-state index is 5.54. The summed E-state index contributed by atoms with van der Waals surface area (Å²) in [6.07, 6.45) is 0. The first-order valence-electron chi connectivity index (χ1n) is 9.39. The minimum atomic E-state index is 0.580. The summed E-state index contributed by atoms with van der Waals surface area (Å²) in [5.41, 5.74) is 3.42. The van der Waals surface area contributed by atoms with Crippen LogP contribution in [0.25, 0.3) is 5.69 Å². The Labute approximate surface area is 169 Å². The molecule has 0 bridgehead atoms. The van der Waals surface area contributed by atoms with Crippen molar-refractivity contribution in [2.75, 3.05) is 38.3 Å². The third-order valence-corrected chi connectivity index (χ3v) is 5.16. The molecular weight excluding hydrogens is 372 g/mol. The van der Waals surface area contributed by atoms with Gasteiger partial charge in [0.05, 0.1) is 25.6 Å². The number of rotatable bonds is 6. The summed E-state index contributed by atoms with van der Waals surface area (Å²) in [5, 5.41) is 8.41. The fourth-order valence-electron chi connectivity index (χ4n) is 3.32. The summed E-state index contributed by atoms with van der Waals surface area (Å²) in [4.78, 5) is 4.53. The Balaban J connectivity index is 1.39. The minimum absolute atomic E-state index is 0.580. The van der Waals surface area contributed by atoms with Crippen LogP contribution in [-0.2, 0) is 18.0 Å². The van der Waals surface area contributed by atoms with E-state index in [9.17, 15) is 0 Å². The van der Waals surface area contributed by atoms with Gasteiger partial charge in [-0.2, -0.15) is 4.68 Å². The number of tetrazole rings is 1. The number of hydrogen-bond donors (Lipinski definition) is 0. The lowest BCUT2D eigenvalue weighted by Gasteiger charge is -2.29. The Bertz CT molecular complexity index is 947. The molecule has 0 N–H and O–H groups in total. The van der Waals surface area contributed by atoms with E-state index in [1.165, 1.54) is 11.3 Å². The van der Waals surface area contributed by atoms with Crippen molar-refractivity contribution in [2.45, 2.75) is 13.2 Å². The first-order valence-corrected chi connectivity index (χ1v) is 9.80. The minimum Gasteiger partial charge on any atom is -0.378 e. The zero-order valence-electron chi connectivity index (χ0n) is 15.9. The van der Waals surface area contributed by atoms with E-state index >= 15 is 0 Å². The number of aromatic nitrogens is 4. The van der Waals surface area contributed by atoms with Gasteiger partial charge in [0.25, 0.3) is 0 Å². The van der Waals surface area contributed by atoms with Crippen LogP contribution in [-0.4, -0.2) is 58.0 Å². The Hall–Kier alpha value is -2.55. The molecule has 1 saturated heterocycles. The third kappa shape index (κ3) is 4.30. The van der Waals surface area contributed by atoms with Crippen molar-refractivity contribution in [2.24, 2.45) is 0 Å². The molecule has 8 heteroatoms. The van der Waals surface area contributed by atoms with Crippen molar-refractivity contribution >= 4 is 17.9 Å². The van der Waals surface area contributed by atoms with Gasteiger partial charge in [-0.05, 0) is 59.5 Å². The van der Waals surface area contributed by atoms with Gasteiger partial charge in [-0.15, -0.1) is 0 Å². The predicted molar refractivity (Wildman–Crippen MR) is 111 cm³/mol. The number of ether oxygens (including phenoxy) is 1. The SMILES string of the molecule is CN(Cc1ccc(N2CCOCC2)cc1)Cn1nnn(-c2ccccc2)c1=S. The maximum Gasteiger partial charge on any atom is 0.221 e. The molecule has 2 aromatic carbocycles. The second kappa shape index (κ2) is 8.64. The zero-order chi connectivity index (χ0) is 19.3. The van der Waals surface area contributed by atoms with E-state index in [4.69, 9.17) is 17.0 Å². The molecule has 28 heavy (non-hydrogen) atoms. The van der Waals surface area contributed by atoms with E-state index < -0.39 is 0 Å². The van der Waals surface area contributed by atoms with Crippen molar-refractivity contribution in [3.8, 4) is 5.69 Å². The molecule has 1 aliphatic rings. The second-order valence-corrected chi connectivity index (χ2v) is 7.29. The molecule has 7 nitrogen and oxygen atoms in total. The molecule has 1 fully saturated rings. The molecule has 0 aliphatic carbocycles. The largest absolute Gasteiger partial charge is 0.378 e. The second-order valence-electron chi connectivity index (χ2n) is 6.93. The fourth-order valence-corrected chi connectivity index (χ4v) is 3.55. The quantitative estimate of drug-likeness (QED) is 0.597. The van der Waals surface area contributed by atoms with E-state index in [1.807, 2.05) is 30.3 Å². The highest BCUT2D eigenvalue weighted by Crippen LogP contribution is 2.17. The molecule has 2 heterocycles. The van der Waals surface area contributed by atoms with Crippen LogP contribution < -0.4 is 4.90 Å². The van der Waals surface area contributed by atoms with Crippen LogP contribution >= 0.6 is 12.2 Å². The number of para-hydroxylation sites is 1. The average molecular weight is 397 g/mol. The molecule has 0 spiro atoms. The summed E-state index contributed by atoms with van der Waals surface area (Å²) < 4.78 is 9.43. The fraction of sp³-hybridized carbons (Fsp3) is 0.350. The van der Waals surface area contributed by atoms with Gasteiger partial charge >= 0.3 is 0 Å². The van der Waals surface area contributed by atoms with Gasteiger partial charge in [0.1, 0.15) is 0 Å². The smallest absolute Gasteiger partial charge is 0.221 e. The number of benzene rings is 2. The number of morpholine rings is 1. The van der Waals surface area contributed by atoms with Gasteiger partial charge in [0.2, 0.25) is 4.77 Å². The normalized spacial score (nSPS) is 14.6. The number of hydrogen-bond acceptors (Lipinski definition) is 6.